The molecule has 0 aliphatic carbocycles. The fourth-order valence-electron chi connectivity index (χ4n) is 3.43. The number of esters is 1. The Morgan fingerprint density at radius 3 is 2.74 bits per heavy atom. The van der Waals surface area contributed by atoms with E-state index in [1.165, 1.54) is 5.56 Å². The third kappa shape index (κ3) is 3.56. The zero-order valence-electron chi connectivity index (χ0n) is 15.1. The van der Waals surface area contributed by atoms with Crippen molar-refractivity contribution < 1.29 is 18.8 Å². The van der Waals surface area contributed by atoms with Crippen LogP contribution in [-0.4, -0.2) is 34.6 Å². The monoisotopic (exact) mass is 364 g/mol. The molecule has 0 unspecified atom stereocenters. The SMILES string of the molecule is C[C@@H](OC(=O)Cc1noc2ccccc12)C(=O)N1CCc2ccccc2C1. The van der Waals surface area contributed by atoms with E-state index in [4.69, 9.17) is 9.26 Å². The molecule has 1 aliphatic heterocycles. The van der Waals surface area contributed by atoms with Gasteiger partial charge in [0.2, 0.25) is 0 Å². The number of carbonyl (C=O) groups excluding carboxylic acids is 2. The molecule has 0 N–H and O–H groups in total. The van der Waals surface area contributed by atoms with Crippen LogP contribution in [0.5, 0.6) is 0 Å². The van der Waals surface area contributed by atoms with Gasteiger partial charge in [0, 0.05) is 18.5 Å². The first-order valence-corrected chi connectivity index (χ1v) is 9.00. The zero-order valence-corrected chi connectivity index (χ0v) is 15.1. The maximum atomic E-state index is 12.7. The lowest BCUT2D eigenvalue weighted by atomic mass is 9.99. The van der Waals surface area contributed by atoms with Crippen LogP contribution in [0.2, 0.25) is 0 Å². The van der Waals surface area contributed by atoms with Crippen molar-refractivity contribution in [3.05, 3.63) is 65.4 Å². The molecule has 0 spiro atoms. The van der Waals surface area contributed by atoms with Crippen LogP contribution in [-0.2, 0) is 33.7 Å². The maximum absolute atomic E-state index is 12.7. The number of para-hydroxylation sites is 1. The second-order valence-electron chi connectivity index (χ2n) is 6.71. The Kier molecular flexibility index (Phi) is 4.62. The highest BCUT2D eigenvalue weighted by molar-refractivity contribution is 5.86. The highest BCUT2D eigenvalue weighted by Crippen LogP contribution is 2.21. The van der Waals surface area contributed by atoms with Crippen LogP contribution in [0.3, 0.4) is 0 Å². The van der Waals surface area contributed by atoms with Crippen molar-refractivity contribution in [1.29, 1.82) is 0 Å². The zero-order chi connectivity index (χ0) is 18.8. The number of benzene rings is 2. The normalized spacial score (nSPS) is 14.6. The highest BCUT2D eigenvalue weighted by atomic mass is 16.5. The molecule has 27 heavy (non-hydrogen) atoms. The van der Waals surface area contributed by atoms with Gasteiger partial charge < -0.3 is 14.2 Å². The smallest absolute Gasteiger partial charge is 0.312 e. The van der Waals surface area contributed by atoms with E-state index in [0.29, 0.717) is 24.4 Å². The second-order valence-corrected chi connectivity index (χ2v) is 6.71. The molecule has 2 heterocycles. The quantitative estimate of drug-likeness (QED) is 0.666. The molecule has 6 heteroatoms. The predicted molar refractivity (Wildman–Crippen MR) is 98.8 cm³/mol. The summed E-state index contributed by atoms with van der Waals surface area (Å²) in [4.78, 5) is 26.7. The fraction of sp³-hybridized carbons (Fsp3) is 0.286. The fourth-order valence-corrected chi connectivity index (χ4v) is 3.43. The number of rotatable bonds is 4. The Morgan fingerprint density at radius 1 is 1.15 bits per heavy atom. The second kappa shape index (κ2) is 7.23. The third-order valence-corrected chi connectivity index (χ3v) is 4.86. The first-order valence-electron chi connectivity index (χ1n) is 9.00. The number of fused-ring (bicyclic) bond motifs is 2. The van der Waals surface area contributed by atoms with E-state index in [0.717, 1.165) is 17.4 Å². The highest BCUT2D eigenvalue weighted by Gasteiger charge is 2.27. The molecule has 2 aromatic carbocycles. The van der Waals surface area contributed by atoms with Gasteiger partial charge in [0.15, 0.2) is 11.7 Å². The van der Waals surface area contributed by atoms with Gasteiger partial charge in [-0.25, -0.2) is 0 Å². The Balaban J connectivity index is 1.38. The minimum Gasteiger partial charge on any atom is -0.452 e. The van der Waals surface area contributed by atoms with Crippen LogP contribution in [0.4, 0.5) is 0 Å². The average molecular weight is 364 g/mol. The van der Waals surface area contributed by atoms with Crippen LogP contribution in [0.15, 0.2) is 53.1 Å². The van der Waals surface area contributed by atoms with Crippen molar-refractivity contribution in [3.63, 3.8) is 0 Å². The molecular formula is C21H20N2O4. The molecule has 4 rings (SSSR count). The molecule has 0 saturated heterocycles. The number of amides is 1. The Labute approximate surface area is 156 Å². The number of ether oxygens (including phenoxy) is 1. The first-order chi connectivity index (χ1) is 13.1. The van der Waals surface area contributed by atoms with Gasteiger partial charge in [-0.1, -0.05) is 41.6 Å². The van der Waals surface area contributed by atoms with E-state index >= 15 is 0 Å². The minimum atomic E-state index is -0.832. The van der Waals surface area contributed by atoms with Gasteiger partial charge in [-0.2, -0.15) is 0 Å². The summed E-state index contributed by atoms with van der Waals surface area (Å²) in [5.41, 5.74) is 3.55. The van der Waals surface area contributed by atoms with Crippen LogP contribution in [0.25, 0.3) is 11.0 Å². The van der Waals surface area contributed by atoms with Crippen LogP contribution >= 0.6 is 0 Å². The van der Waals surface area contributed by atoms with E-state index < -0.39 is 12.1 Å². The maximum Gasteiger partial charge on any atom is 0.312 e. The van der Waals surface area contributed by atoms with Gasteiger partial charge in [0.05, 0.1) is 6.42 Å². The number of aromatic nitrogens is 1. The molecule has 0 radical (unpaired) electrons. The standard InChI is InChI=1S/C21H20N2O4/c1-14(21(25)23-11-10-15-6-2-3-7-16(15)13-23)26-20(24)12-18-17-8-4-5-9-19(17)27-22-18/h2-9,14H,10-13H2,1H3/t14-/m1/s1. The summed E-state index contributed by atoms with van der Waals surface area (Å²) in [5, 5.41) is 4.71. The third-order valence-electron chi connectivity index (χ3n) is 4.86. The molecule has 0 saturated carbocycles. The lowest BCUT2D eigenvalue weighted by molar-refractivity contribution is -0.159. The summed E-state index contributed by atoms with van der Waals surface area (Å²) in [6.07, 6.45) is -0.0498. The van der Waals surface area contributed by atoms with Crippen molar-refractivity contribution in [2.75, 3.05) is 6.54 Å². The lowest BCUT2D eigenvalue weighted by Gasteiger charge is -2.30. The number of hydrogen-bond donors (Lipinski definition) is 0. The van der Waals surface area contributed by atoms with Crippen molar-refractivity contribution in [2.45, 2.75) is 32.4 Å². The summed E-state index contributed by atoms with van der Waals surface area (Å²) in [7, 11) is 0. The summed E-state index contributed by atoms with van der Waals surface area (Å²) < 4.78 is 10.6. The van der Waals surface area contributed by atoms with E-state index in [2.05, 4.69) is 11.2 Å². The Morgan fingerprint density at radius 2 is 1.89 bits per heavy atom. The summed E-state index contributed by atoms with van der Waals surface area (Å²) in [6.45, 7) is 2.79. The molecule has 1 aromatic heterocycles. The van der Waals surface area contributed by atoms with Gasteiger partial charge in [0.25, 0.3) is 5.91 Å². The number of carbonyl (C=O) groups is 2. The van der Waals surface area contributed by atoms with E-state index in [9.17, 15) is 9.59 Å². The van der Waals surface area contributed by atoms with E-state index in [1.807, 2.05) is 36.4 Å². The van der Waals surface area contributed by atoms with Gasteiger partial charge in [-0.05, 0) is 36.6 Å². The van der Waals surface area contributed by atoms with Crippen molar-refractivity contribution in [3.8, 4) is 0 Å². The van der Waals surface area contributed by atoms with Gasteiger partial charge >= 0.3 is 5.97 Å². The molecular weight excluding hydrogens is 344 g/mol. The average Bonchev–Trinajstić information content (AvgIpc) is 3.09. The summed E-state index contributed by atoms with van der Waals surface area (Å²) >= 11 is 0. The topological polar surface area (TPSA) is 72.6 Å². The van der Waals surface area contributed by atoms with E-state index in [-0.39, 0.29) is 12.3 Å². The molecule has 1 atom stereocenters. The molecule has 6 nitrogen and oxygen atoms in total. The Hall–Kier alpha value is -3.15. The molecule has 138 valence electrons. The van der Waals surface area contributed by atoms with Gasteiger partial charge in [-0.3, -0.25) is 9.59 Å². The molecule has 1 aliphatic rings. The molecule has 3 aromatic rings. The Bertz CT molecular complexity index is 995. The van der Waals surface area contributed by atoms with E-state index in [1.54, 1.807) is 17.9 Å². The summed E-state index contributed by atoms with van der Waals surface area (Å²) in [5.74, 6) is -0.671. The molecule has 1 amide bonds. The van der Waals surface area contributed by atoms with Crippen molar-refractivity contribution in [1.82, 2.24) is 10.1 Å². The van der Waals surface area contributed by atoms with Crippen LogP contribution in [0, 0.1) is 0 Å². The number of nitrogens with zero attached hydrogens (tertiary/aromatic N) is 2. The van der Waals surface area contributed by atoms with Gasteiger partial charge in [-0.15, -0.1) is 0 Å². The molecule has 0 fully saturated rings. The van der Waals surface area contributed by atoms with Gasteiger partial charge in [0.1, 0.15) is 5.69 Å². The van der Waals surface area contributed by atoms with Crippen molar-refractivity contribution in [2.24, 2.45) is 0 Å². The minimum absolute atomic E-state index is 0.0303. The lowest BCUT2D eigenvalue weighted by Crippen LogP contribution is -2.42. The first kappa shape index (κ1) is 17.3. The van der Waals surface area contributed by atoms with Crippen LogP contribution in [0.1, 0.15) is 23.7 Å². The van der Waals surface area contributed by atoms with Crippen LogP contribution < -0.4 is 0 Å². The summed E-state index contributed by atoms with van der Waals surface area (Å²) in [6, 6.07) is 15.4. The predicted octanol–water partition coefficient (Wildman–Crippen LogP) is 2.89. The molecule has 0 bridgehead atoms. The number of hydrogen-bond acceptors (Lipinski definition) is 5. The van der Waals surface area contributed by atoms with Crippen molar-refractivity contribution >= 4 is 22.8 Å². The largest absolute Gasteiger partial charge is 0.452 e.